The number of carbonyl (C=O) groups is 3. The number of rotatable bonds is 11. The van der Waals surface area contributed by atoms with Crippen molar-refractivity contribution in [3.8, 4) is 12.5 Å². The Bertz CT molecular complexity index is 1080. The van der Waals surface area contributed by atoms with Crippen LogP contribution in [0.1, 0.15) is 56.8 Å². The van der Waals surface area contributed by atoms with E-state index in [2.05, 4.69) is 16.7 Å². The lowest BCUT2D eigenvalue weighted by atomic mass is 10.0. The van der Waals surface area contributed by atoms with Crippen molar-refractivity contribution in [1.82, 2.24) is 15.5 Å². The molecule has 0 heterocycles. The average molecular weight is 524 g/mol. The van der Waals surface area contributed by atoms with Crippen molar-refractivity contribution in [1.29, 1.82) is 0 Å². The number of terminal acetylenes is 1. The monoisotopic (exact) mass is 523 g/mol. The summed E-state index contributed by atoms with van der Waals surface area (Å²) >= 11 is 1.53. The predicted molar refractivity (Wildman–Crippen MR) is 149 cm³/mol. The van der Waals surface area contributed by atoms with Gasteiger partial charge in [0.2, 0.25) is 5.91 Å². The summed E-state index contributed by atoms with van der Waals surface area (Å²) in [6, 6.07) is 17.3. The Balaban J connectivity index is 2.37. The summed E-state index contributed by atoms with van der Waals surface area (Å²) in [6.45, 7) is 7.54. The summed E-state index contributed by atoms with van der Waals surface area (Å²) in [5, 5.41) is 5.56. The number of aryl methyl sites for hydroxylation is 1. The SMILES string of the molecule is C#CN(C(=O)C(CCSC)NC(=O)OC(C)(C)C)C(C(=O)NCc1ccccc1)c1ccc(CC)cc1. The van der Waals surface area contributed by atoms with Crippen LogP contribution in [0, 0.1) is 12.5 Å². The zero-order chi connectivity index (χ0) is 27.4. The van der Waals surface area contributed by atoms with Gasteiger partial charge < -0.3 is 15.4 Å². The van der Waals surface area contributed by atoms with Gasteiger partial charge in [0.1, 0.15) is 17.7 Å². The Morgan fingerprint density at radius 2 is 1.70 bits per heavy atom. The zero-order valence-electron chi connectivity index (χ0n) is 22.2. The Hall–Kier alpha value is -3.44. The molecule has 0 fully saturated rings. The largest absolute Gasteiger partial charge is 0.444 e. The smallest absolute Gasteiger partial charge is 0.408 e. The number of ether oxygens (including phenoxy) is 1. The maximum Gasteiger partial charge on any atom is 0.408 e. The Morgan fingerprint density at radius 1 is 1.05 bits per heavy atom. The molecule has 2 unspecified atom stereocenters. The van der Waals surface area contributed by atoms with Gasteiger partial charge in [-0.25, -0.2) is 4.79 Å². The van der Waals surface area contributed by atoms with Gasteiger partial charge in [-0.15, -0.1) is 0 Å². The van der Waals surface area contributed by atoms with Crippen LogP contribution in [-0.2, 0) is 27.3 Å². The summed E-state index contributed by atoms with van der Waals surface area (Å²) < 4.78 is 5.36. The van der Waals surface area contributed by atoms with Crippen molar-refractivity contribution in [3.63, 3.8) is 0 Å². The van der Waals surface area contributed by atoms with E-state index in [1.54, 1.807) is 32.9 Å². The molecule has 37 heavy (non-hydrogen) atoms. The number of thioether (sulfide) groups is 1. The van der Waals surface area contributed by atoms with Gasteiger partial charge in [0.25, 0.3) is 5.91 Å². The van der Waals surface area contributed by atoms with E-state index >= 15 is 0 Å². The number of carbonyl (C=O) groups excluding carboxylic acids is 3. The molecular weight excluding hydrogens is 486 g/mol. The Kier molecular flexibility index (Phi) is 11.5. The molecule has 3 amide bonds. The molecule has 7 nitrogen and oxygen atoms in total. The highest BCUT2D eigenvalue weighted by molar-refractivity contribution is 7.98. The minimum absolute atomic E-state index is 0.280. The third-order valence-electron chi connectivity index (χ3n) is 5.50. The second-order valence-electron chi connectivity index (χ2n) is 9.52. The first-order valence-corrected chi connectivity index (χ1v) is 13.7. The number of nitrogens with zero attached hydrogens (tertiary/aromatic N) is 1. The lowest BCUT2D eigenvalue weighted by Gasteiger charge is -2.30. The van der Waals surface area contributed by atoms with Crippen LogP contribution in [0.15, 0.2) is 54.6 Å². The van der Waals surface area contributed by atoms with Crippen molar-refractivity contribution in [2.45, 2.75) is 64.8 Å². The van der Waals surface area contributed by atoms with E-state index in [0.29, 0.717) is 17.7 Å². The van der Waals surface area contributed by atoms with Crippen LogP contribution in [0.4, 0.5) is 4.79 Å². The molecule has 0 aliphatic rings. The number of nitrogens with one attached hydrogen (secondary N) is 2. The normalized spacial score (nSPS) is 12.5. The third-order valence-corrected chi connectivity index (χ3v) is 6.14. The quantitative estimate of drug-likeness (QED) is 0.330. The lowest BCUT2D eigenvalue weighted by molar-refractivity contribution is -0.138. The molecule has 0 aromatic heterocycles. The highest BCUT2D eigenvalue weighted by Crippen LogP contribution is 2.24. The second-order valence-corrected chi connectivity index (χ2v) is 10.5. The summed E-state index contributed by atoms with van der Waals surface area (Å²) in [6.07, 6.45) is 8.18. The topological polar surface area (TPSA) is 87.7 Å². The number of amides is 3. The minimum atomic E-state index is -1.08. The van der Waals surface area contributed by atoms with Crippen LogP contribution in [0.25, 0.3) is 0 Å². The van der Waals surface area contributed by atoms with E-state index in [1.807, 2.05) is 55.6 Å². The molecular formula is C29H37N3O4S. The van der Waals surface area contributed by atoms with Gasteiger partial charge in [-0.2, -0.15) is 11.8 Å². The zero-order valence-corrected chi connectivity index (χ0v) is 23.1. The van der Waals surface area contributed by atoms with Gasteiger partial charge in [0.05, 0.1) is 0 Å². The van der Waals surface area contributed by atoms with Gasteiger partial charge >= 0.3 is 6.09 Å². The summed E-state index contributed by atoms with van der Waals surface area (Å²) in [5.41, 5.74) is 1.85. The van der Waals surface area contributed by atoms with Gasteiger partial charge in [-0.1, -0.05) is 67.9 Å². The van der Waals surface area contributed by atoms with Crippen LogP contribution in [0.3, 0.4) is 0 Å². The van der Waals surface area contributed by atoms with E-state index in [1.165, 1.54) is 11.8 Å². The molecule has 198 valence electrons. The fourth-order valence-corrected chi connectivity index (χ4v) is 4.08. The van der Waals surface area contributed by atoms with E-state index in [-0.39, 0.29) is 6.54 Å². The lowest BCUT2D eigenvalue weighted by Crippen LogP contribution is -2.51. The predicted octanol–water partition coefficient (Wildman–Crippen LogP) is 4.67. The summed E-state index contributed by atoms with van der Waals surface area (Å²) in [5.74, 6) is -0.372. The molecule has 2 rings (SSSR count). The van der Waals surface area contributed by atoms with Crippen molar-refractivity contribution in [2.75, 3.05) is 12.0 Å². The number of hydrogen-bond acceptors (Lipinski definition) is 5. The fourth-order valence-electron chi connectivity index (χ4n) is 3.61. The number of benzene rings is 2. The first kappa shape index (κ1) is 29.8. The first-order valence-electron chi connectivity index (χ1n) is 12.3. The van der Waals surface area contributed by atoms with E-state index in [4.69, 9.17) is 11.2 Å². The van der Waals surface area contributed by atoms with Crippen molar-refractivity contribution in [3.05, 3.63) is 71.3 Å². The molecule has 2 aromatic carbocycles. The highest BCUT2D eigenvalue weighted by atomic mass is 32.2. The van der Waals surface area contributed by atoms with Crippen molar-refractivity contribution in [2.24, 2.45) is 0 Å². The maximum atomic E-state index is 13.7. The van der Waals surface area contributed by atoms with Gasteiger partial charge in [0, 0.05) is 12.6 Å². The Morgan fingerprint density at radius 3 is 2.24 bits per heavy atom. The molecule has 0 saturated heterocycles. The average Bonchev–Trinajstić information content (AvgIpc) is 2.87. The minimum Gasteiger partial charge on any atom is -0.444 e. The molecule has 8 heteroatoms. The van der Waals surface area contributed by atoms with Crippen LogP contribution >= 0.6 is 11.8 Å². The van der Waals surface area contributed by atoms with Crippen molar-refractivity contribution < 1.29 is 19.1 Å². The van der Waals surface area contributed by atoms with Crippen LogP contribution in [0.2, 0.25) is 0 Å². The molecule has 2 N–H and O–H groups in total. The van der Waals surface area contributed by atoms with E-state index in [0.717, 1.165) is 22.4 Å². The van der Waals surface area contributed by atoms with Gasteiger partial charge in [0.15, 0.2) is 0 Å². The van der Waals surface area contributed by atoms with Crippen LogP contribution in [0.5, 0.6) is 0 Å². The van der Waals surface area contributed by atoms with Crippen LogP contribution in [-0.4, -0.2) is 46.5 Å². The molecule has 0 aliphatic heterocycles. The van der Waals surface area contributed by atoms with Gasteiger partial charge in [-0.3, -0.25) is 14.5 Å². The van der Waals surface area contributed by atoms with E-state index < -0.39 is 35.6 Å². The third kappa shape index (κ3) is 9.51. The molecule has 2 atom stereocenters. The highest BCUT2D eigenvalue weighted by Gasteiger charge is 2.35. The fraction of sp³-hybridized carbons (Fsp3) is 0.414. The summed E-state index contributed by atoms with van der Waals surface area (Å²) in [4.78, 5) is 40.8. The molecule has 0 saturated carbocycles. The molecule has 0 bridgehead atoms. The molecule has 2 aromatic rings. The van der Waals surface area contributed by atoms with Crippen LogP contribution < -0.4 is 10.6 Å². The summed E-state index contributed by atoms with van der Waals surface area (Å²) in [7, 11) is 0. The second kappa shape index (κ2) is 14.3. The molecule has 0 spiro atoms. The maximum absolute atomic E-state index is 13.7. The van der Waals surface area contributed by atoms with Gasteiger partial charge in [-0.05, 0) is 62.3 Å². The van der Waals surface area contributed by atoms with Crippen molar-refractivity contribution >= 4 is 29.7 Å². The Labute approximate surface area is 224 Å². The first-order chi connectivity index (χ1) is 17.6. The number of alkyl carbamates (subject to hydrolysis) is 1. The molecule has 0 radical (unpaired) electrons. The molecule has 0 aliphatic carbocycles. The standard InChI is InChI=1S/C29H37N3O4S/c1-7-21-14-16-23(17-15-21)25(26(33)30-20-22-12-10-9-11-13-22)32(8-2)27(34)24(18-19-37-6)31-28(35)36-29(3,4)5/h2,9-17,24-25H,7,18-20H2,1,3-6H3,(H,30,33)(H,31,35). The number of hydrogen-bond donors (Lipinski definition) is 2. The van der Waals surface area contributed by atoms with E-state index in [9.17, 15) is 14.4 Å².